The number of esters is 1. The fourth-order valence-electron chi connectivity index (χ4n) is 2.10. The maximum atomic E-state index is 11.4. The van der Waals surface area contributed by atoms with E-state index in [1.54, 1.807) is 0 Å². The molecule has 0 saturated heterocycles. The van der Waals surface area contributed by atoms with Gasteiger partial charge < -0.3 is 4.74 Å². The highest BCUT2D eigenvalue weighted by atomic mass is 16.5. The monoisotopic (exact) mass is 208 g/mol. The van der Waals surface area contributed by atoms with Crippen LogP contribution in [0, 0.1) is 5.92 Å². The van der Waals surface area contributed by atoms with E-state index in [0.717, 1.165) is 0 Å². The Hall–Kier alpha value is -1.05. The van der Waals surface area contributed by atoms with E-state index in [1.165, 1.54) is 22.3 Å². The van der Waals surface area contributed by atoms with Crippen LogP contribution < -0.4 is 0 Å². The molecule has 1 atom stereocenters. The molecule has 1 aliphatic carbocycles. The van der Waals surface area contributed by atoms with Crippen LogP contribution in [0.4, 0.5) is 0 Å². The molecule has 1 rings (SSSR count). The van der Waals surface area contributed by atoms with Crippen LogP contribution in [-0.2, 0) is 9.53 Å². The third-order valence-electron chi connectivity index (χ3n) is 3.45. The van der Waals surface area contributed by atoms with E-state index in [1.807, 2.05) is 6.92 Å². The summed E-state index contributed by atoms with van der Waals surface area (Å²) >= 11 is 0. The summed E-state index contributed by atoms with van der Waals surface area (Å²) in [7, 11) is 0. The Bertz CT molecular complexity index is 334. The molecule has 0 aliphatic heterocycles. The van der Waals surface area contributed by atoms with Gasteiger partial charge in [-0.05, 0) is 50.3 Å². The number of allylic oxidation sites excluding steroid dienone is 3. The molecule has 2 nitrogen and oxygen atoms in total. The van der Waals surface area contributed by atoms with Gasteiger partial charge in [-0.2, -0.15) is 0 Å². The lowest BCUT2D eigenvalue weighted by atomic mass is 9.95. The lowest BCUT2D eigenvalue weighted by Crippen LogP contribution is -2.08. The highest BCUT2D eigenvalue weighted by Crippen LogP contribution is 2.38. The molecule has 0 amide bonds. The molecule has 0 aromatic rings. The van der Waals surface area contributed by atoms with Crippen molar-refractivity contribution in [3.8, 4) is 0 Å². The van der Waals surface area contributed by atoms with Crippen molar-refractivity contribution >= 4 is 5.97 Å². The average Bonchev–Trinajstić information content (AvgIpc) is 2.36. The molecule has 0 saturated carbocycles. The number of ether oxygens (including phenoxy) is 1. The van der Waals surface area contributed by atoms with Crippen LogP contribution in [0.25, 0.3) is 0 Å². The minimum Gasteiger partial charge on any atom is -0.466 e. The van der Waals surface area contributed by atoms with Gasteiger partial charge in [0, 0.05) is 0 Å². The van der Waals surface area contributed by atoms with Gasteiger partial charge in [0.25, 0.3) is 0 Å². The first kappa shape index (κ1) is 12.0. The topological polar surface area (TPSA) is 26.3 Å². The molecule has 15 heavy (non-hydrogen) atoms. The van der Waals surface area contributed by atoms with Crippen molar-refractivity contribution in [3.05, 3.63) is 22.3 Å². The first-order valence-electron chi connectivity index (χ1n) is 5.52. The van der Waals surface area contributed by atoms with Crippen molar-refractivity contribution in [2.24, 2.45) is 5.92 Å². The van der Waals surface area contributed by atoms with E-state index in [0.29, 0.717) is 18.9 Å². The summed E-state index contributed by atoms with van der Waals surface area (Å²) < 4.78 is 4.98. The second kappa shape index (κ2) is 4.65. The summed E-state index contributed by atoms with van der Waals surface area (Å²) in [6, 6.07) is 0. The van der Waals surface area contributed by atoms with Crippen LogP contribution in [0.15, 0.2) is 22.3 Å². The minimum atomic E-state index is -0.110. The molecule has 0 bridgehead atoms. The van der Waals surface area contributed by atoms with Crippen molar-refractivity contribution in [3.63, 3.8) is 0 Å². The van der Waals surface area contributed by atoms with Crippen LogP contribution >= 0.6 is 0 Å². The summed E-state index contributed by atoms with van der Waals surface area (Å²) in [4.78, 5) is 11.4. The third-order valence-corrected chi connectivity index (χ3v) is 3.45. The van der Waals surface area contributed by atoms with Crippen molar-refractivity contribution < 1.29 is 9.53 Å². The second-order valence-electron chi connectivity index (χ2n) is 4.16. The maximum absolute atomic E-state index is 11.4. The van der Waals surface area contributed by atoms with Gasteiger partial charge in [0.15, 0.2) is 0 Å². The minimum absolute atomic E-state index is 0.110. The van der Waals surface area contributed by atoms with Crippen LogP contribution in [0.5, 0.6) is 0 Å². The molecule has 0 N–H and O–H groups in total. The Morgan fingerprint density at radius 2 is 1.87 bits per heavy atom. The van der Waals surface area contributed by atoms with Gasteiger partial charge >= 0.3 is 5.97 Å². The zero-order chi connectivity index (χ0) is 11.6. The molecule has 84 valence electrons. The average molecular weight is 208 g/mol. The first-order valence-corrected chi connectivity index (χ1v) is 5.52. The van der Waals surface area contributed by atoms with E-state index in [2.05, 4.69) is 27.7 Å². The summed E-state index contributed by atoms with van der Waals surface area (Å²) in [5.41, 5.74) is 5.21. The van der Waals surface area contributed by atoms with Crippen LogP contribution in [-0.4, -0.2) is 12.6 Å². The highest BCUT2D eigenvalue weighted by molar-refractivity contribution is 5.74. The van der Waals surface area contributed by atoms with Gasteiger partial charge in [-0.1, -0.05) is 12.5 Å². The molecule has 1 unspecified atom stereocenters. The highest BCUT2D eigenvalue weighted by Gasteiger charge is 2.25. The molecule has 2 heteroatoms. The van der Waals surface area contributed by atoms with Crippen molar-refractivity contribution in [1.29, 1.82) is 0 Å². The lowest BCUT2D eigenvalue weighted by molar-refractivity contribution is -0.142. The smallest absolute Gasteiger partial charge is 0.309 e. The van der Waals surface area contributed by atoms with Crippen LogP contribution in [0.1, 0.15) is 41.0 Å². The summed E-state index contributed by atoms with van der Waals surface area (Å²) in [5.74, 6) is 0.288. The predicted octanol–water partition coefficient (Wildman–Crippen LogP) is 3.24. The van der Waals surface area contributed by atoms with Crippen molar-refractivity contribution in [1.82, 2.24) is 0 Å². The van der Waals surface area contributed by atoms with Gasteiger partial charge in [0.1, 0.15) is 0 Å². The maximum Gasteiger partial charge on any atom is 0.309 e. The summed E-state index contributed by atoms with van der Waals surface area (Å²) in [5, 5.41) is 0. The van der Waals surface area contributed by atoms with Gasteiger partial charge in [0.2, 0.25) is 0 Å². The Kier molecular flexibility index (Phi) is 3.72. The zero-order valence-corrected chi connectivity index (χ0v) is 10.3. The van der Waals surface area contributed by atoms with E-state index >= 15 is 0 Å². The second-order valence-corrected chi connectivity index (χ2v) is 4.16. The van der Waals surface area contributed by atoms with E-state index in [-0.39, 0.29) is 5.97 Å². The Balaban J connectivity index is 2.78. The largest absolute Gasteiger partial charge is 0.466 e. The summed E-state index contributed by atoms with van der Waals surface area (Å²) in [6.07, 6.45) is 0.440. The molecule has 0 spiro atoms. The molecule has 0 aromatic carbocycles. The van der Waals surface area contributed by atoms with Gasteiger partial charge in [-0.25, -0.2) is 0 Å². The SMILES string of the molecule is CCOC(=O)CC1=C(C)C(C)=C(C)C1C. The lowest BCUT2D eigenvalue weighted by Gasteiger charge is -2.11. The van der Waals surface area contributed by atoms with Crippen LogP contribution in [0.2, 0.25) is 0 Å². The van der Waals surface area contributed by atoms with E-state index in [4.69, 9.17) is 4.74 Å². The number of carbonyl (C=O) groups excluding carboxylic acids is 1. The van der Waals surface area contributed by atoms with E-state index < -0.39 is 0 Å². The fourth-order valence-corrected chi connectivity index (χ4v) is 2.10. The molecule has 0 aromatic heterocycles. The predicted molar refractivity (Wildman–Crippen MR) is 61.5 cm³/mol. The number of rotatable bonds is 3. The van der Waals surface area contributed by atoms with Crippen molar-refractivity contribution in [2.75, 3.05) is 6.61 Å². The van der Waals surface area contributed by atoms with Gasteiger partial charge in [0.05, 0.1) is 13.0 Å². The standard InChI is InChI=1S/C13H20O2/c1-6-15-13(14)7-12-10(4)8(2)9(3)11(12)5/h10H,6-7H2,1-5H3. The Labute approximate surface area is 92.0 Å². The molecular formula is C13H20O2. The normalized spacial score (nSPS) is 21.3. The van der Waals surface area contributed by atoms with Gasteiger partial charge in [-0.3, -0.25) is 4.79 Å². The first-order chi connectivity index (χ1) is 6.99. The number of hydrogen-bond acceptors (Lipinski definition) is 2. The Morgan fingerprint density at radius 1 is 1.27 bits per heavy atom. The molecule has 0 fully saturated rings. The van der Waals surface area contributed by atoms with Gasteiger partial charge in [-0.15, -0.1) is 0 Å². The summed E-state index contributed by atoms with van der Waals surface area (Å²) in [6.45, 7) is 10.8. The quantitative estimate of drug-likeness (QED) is 0.665. The Morgan fingerprint density at radius 3 is 2.27 bits per heavy atom. The number of carbonyl (C=O) groups is 1. The third kappa shape index (κ3) is 2.31. The van der Waals surface area contributed by atoms with E-state index in [9.17, 15) is 4.79 Å². The van der Waals surface area contributed by atoms with Crippen LogP contribution in [0.3, 0.4) is 0 Å². The molecule has 0 heterocycles. The van der Waals surface area contributed by atoms with Crippen molar-refractivity contribution in [2.45, 2.75) is 41.0 Å². The zero-order valence-electron chi connectivity index (χ0n) is 10.3. The fraction of sp³-hybridized carbons (Fsp3) is 0.615. The molecule has 0 radical (unpaired) electrons. The molecular weight excluding hydrogens is 188 g/mol. The number of hydrogen-bond donors (Lipinski definition) is 0. The molecule has 1 aliphatic rings.